The van der Waals surface area contributed by atoms with Crippen molar-refractivity contribution in [2.45, 2.75) is 18.8 Å². The number of alkyl carbamates (subject to hydrolysis) is 1. The lowest BCUT2D eigenvalue weighted by atomic mass is 9.98. The van der Waals surface area contributed by atoms with Crippen LogP contribution in [0.4, 0.5) is 4.79 Å². The molecule has 40 heavy (non-hydrogen) atoms. The van der Waals surface area contributed by atoms with Gasteiger partial charge in [-0.25, -0.2) is 9.59 Å². The molecule has 11 heteroatoms. The van der Waals surface area contributed by atoms with Crippen LogP contribution < -0.4 is 10.6 Å². The van der Waals surface area contributed by atoms with E-state index in [1.165, 1.54) is 22.3 Å². The number of benzene rings is 2. The summed E-state index contributed by atoms with van der Waals surface area (Å²) in [6, 6.07) is 16.5. The Kier molecular flexibility index (Phi) is 13.9. The lowest BCUT2D eigenvalue weighted by Crippen LogP contribution is -2.30. The van der Waals surface area contributed by atoms with Crippen molar-refractivity contribution in [2.24, 2.45) is 0 Å². The summed E-state index contributed by atoms with van der Waals surface area (Å²) >= 11 is 0. The van der Waals surface area contributed by atoms with Crippen molar-refractivity contribution < 1.29 is 43.2 Å². The third kappa shape index (κ3) is 10.9. The first-order valence-corrected chi connectivity index (χ1v) is 13.4. The van der Waals surface area contributed by atoms with E-state index in [1.54, 1.807) is 0 Å². The monoisotopic (exact) mass is 558 g/mol. The molecule has 3 rings (SSSR count). The van der Waals surface area contributed by atoms with Crippen LogP contribution in [0.15, 0.2) is 48.5 Å². The second-order valence-electron chi connectivity index (χ2n) is 9.03. The zero-order chi connectivity index (χ0) is 28.4. The lowest BCUT2D eigenvalue weighted by Gasteiger charge is -2.14. The van der Waals surface area contributed by atoms with Crippen molar-refractivity contribution in [3.8, 4) is 11.1 Å². The van der Waals surface area contributed by atoms with E-state index in [-0.39, 0.29) is 18.4 Å². The van der Waals surface area contributed by atoms with Gasteiger partial charge < -0.3 is 39.4 Å². The Labute approximate surface area is 234 Å². The zero-order valence-corrected chi connectivity index (χ0v) is 22.6. The molecule has 0 saturated carbocycles. The maximum atomic E-state index is 12.2. The summed E-state index contributed by atoms with van der Waals surface area (Å²) < 4.78 is 26.6. The third-order valence-corrected chi connectivity index (χ3v) is 6.07. The molecule has 0 aromatic heterocycles. The Hall–Kier alpha value is -3.51. The van der Waals surface area contributed by atoms with E-state index in [4.69, 9.17) is 24.1 Å². The number of amides is 2. The summed E-state index contributed by atoms with van der Waals surface area (Å²) in [6.07, 6.45) is 0.852. The van der Waals surface area contributed by atoms with Crippen molar-refractivity contribution in [2.75, 3.05) is 72.6 Å². The van der Waals surface area contributed by atoms with Gasteiger partial charge in [0.15, 0.2) is 0 Å². The summed E-state index contributed by atoms with van der Waals surface area (Å²) in [5.41, 5.74) is 4.76. The highest BCUT2D eigenvalue weighted by Gasteiger charge is 2.28. The fourth-order valence-corrected chi connectivity index (χ4v) is 4.24. The molecule has 0 spiro atoms. The van der Waals surface area contributed by atoms with E-state index >= 15 is 0 Å². The minimum atomic E-state index is -1.12. The Balaban J connectivity index is 1.10. The van der Waals surface area contributed by atoms with Crippen molar-refractivity contribution in [1.82, 2.24) is 10.6 Å². The molecule has 1 aliphatic carbocycles. The zero-order valence-electron chi connectivity index (χ0n) is 22.6. The predicted molar refractivity (Wildman–Crippen MR) is 146 cm³/mol. The average Bonchev–Trinajstić information content (AvgIpc) is 3.27. The Morgan fingerprint density at radius 3 is 1.77 bits per heavy atom. The number of rotatable bonds is 20. The van der Waals surface area contributed by atoms with Crippen LogP contribution in [0, 0.1) is 0 Å². The highest BCUT2D eigenvalue weighted by atomic mass is 16.6. The van der Waals surface area contributed by atoms with E-state index in [1.807, 2.05) is 24.3 Å². The summed E-state index contributed by atoms with van der Waals surface area (Å²) in [6.45, 7) is 3.10. The highest BCUT2D eigenvalue weighted by molar-refractivity contribution is 5.79. The van der Waals surface area contributed by atoms with Gasteiger partial charge in [-0.05, 0) is 35.1 Å². The molecule has 2 aromatic carbocycles. The largest absolute Gasteiger partial charge is 0.480 e. The molecule has 218 valence electrons. The Bertz CT molecular complexity index is 1030. The minimum absolute atomic E-state index is 0.0400. The number of carbonyl (C=O) groups is 3. The van der Waals surface area contributed by atoms with Gasteiger partial charge in [-0.1, -0.05) is 48.5 Å². The number of hydrogen-bond acceptors (Lipinski definition) is 8. The second-order valence-corrected chi connectivity index (χ2v) is 9.03. The first-order chi connectivity index (χ1) is 19.6. The van der Waals surface area contributed by atoms with Gasteiger partial charge in [0.25, 0.3) is 0 Å². The molecule has 1 aliphatic rings. The number of nitrogens with one attached hydrogen (secondary N) is 2. The molecule has 0 radical (unpaired) electrons. The molecule has 11 nitrogen and oxygen atoms in total. The van der Waals surface area contributed by atoms with Crippen molar-refractivity contribution in [3.63, 3.8) is 0 Å². The van der Waals surface area contributed by atoms with E-state index in [9.17, 15) is 14.4 Å². The van der Waals surface area contributed by atoms with Crippen molar-refractivity contribution in [3.05, 3.63) is 59.7 Å². The number of carboxylic acid groups (broad SMARTS) is 1. The molecule has 2 aromatic rings. The van der Waals surface area contributed by atoms with Crippen LogP contribution in [0.25, 0.3) is 11.1 Å². The van der Waals surface area contributed by atoms with E-state index in [0.717, 1.165) is 0 Å². The summed E-state index contributed by atoms with van der Waals surface area (Å²) in [5.74, 6) is -1.44. The van der Waals surface area contributed by atoms with Gasteiger partial charge in [-0.2, -0.15) is 0 Å². The molecule has 2 amide bonds. The Morgan fingerprint density at radius 1 is 0.675 bits per heavy atom. The predicted octanol–water partition coefficient (Wildman–Crippen LogP) is 2.57. The molecule has 0 fully saturated rings. The molecular weight excluding hydrogens is 520 g/mol. The topological polar surface area (TPSA) is 142 Å². The number of fused-ring (bicyclic) bond motifs is 3. The van der Waals surface area contributed by atoms with E-state index in [2.05, 4.69) is 39.6 Å². The molecule has 0 atom stereocenters. The van der Waals surface area contributed by atoms with Gasteiger partial charge in [0.05, 0.1) is 26.4 Å². The number of aliphatic carboxylic acids is 1. The summed E-state index contributed by atoms with van der Waals surface area (Å²) in [7, 11) is 0. The van der Waals surface area contributed by atoms with Crippen LogP contribution in [0.1, 0.15) is 29.9 Å². The van der Waals surface area contributed by atoms with E-state index < -0.39 is 18.7 Å². The number of ether oxygens (including phenoxy) is 5. The summed E-state index contributed by atoms with van der Waals surface area (Å²) in [5, 5.41) is 13.8. The first-order valence-electron chi connectivity index (χ1n) is 13.4. The number of carbonyl (C=O) groups excluding carboxylic acids is 2. The maximum Gasteiger partial charge on any atom is 0.407 e. The van der Waals surface area contributed by atoms with Crippen molar-refractivity contribution in [1.29, 1.82) is 0 Å². The highest BCUT2D eigenvalue weighted by Crippen LogP contribution is 2.44. The van der Waals surface area contributed by atoms with Gasteiger partial charge in [-0.15, -0.1) is 0 Å². The fraction of sp³-hybridized carbons (Fsp3) is 0.483. The SMILES string of the molecule is O=C(O)COCC(=O)NCCCOCCOCCOCCCNC(=O)OCC1c2ccccc2-c2ccccc21. The molecule has 0 heterocycles. The Morgan fingerprint density at radius 2 is 1.20 bits per heavy atom. The van der Waals surface area contributed by atoms with Crippen LogP contribution in [0.2, 0.25) is 0 Å². The fourth-order valence-electron chi connectivity index (χ4n) is 4.24. The van der Waals surface area contributed by atoms with Crippen molar-refractivity contribution >= 4 is 18.0 Å². The second kappa shape index (κ2) is 18.0. The van der Waals surface area contributed by atoms with Crippen LogP contribution >= 0.6 is 0 Å². The van der Waals surface area contributed by atoms with Gasteiger partial charge >= 0.3 is 12.1 Å². The van der Waals surface area contributed by atoms with Gasteiger partial charge in [-0.3, -0.25) is 4.79 Å². The summed E-state index contributed by atoms with van der Waals surface area (Å²) in [4.78, 5) is 33.9. The molecule has 0 aliphatic heterocycles. The minimum Gasteiger partial charge on any atom is -0.480 e. The third-order valence-electron chi connectivity index (χ3n) is 6.07. The van der Waals surface area contributed by atoms with Gasteiger partial charge in [0.2, 0.25) is 5.91 Å². The first kappa shape index (κ1) is 31.0. The van der Waals surface area contributed by atoms with Crippen LogP contribution in [-0.2, 0) is 33.3 Å². The lowest BCUT2D eigenvalue weighted by molar-refractivity contribution is -0.143. The average molecular weight is 559 g/mol. The normalized spacial score (nSPS) is 12.0. The maximum absolute atomic E-state index is 12.2. The van der Waals surface area contributed by atoms with Crippen LogP contribution in [-0.4, -0.2) is 95.6 Å². The van der Waals surface area contributed by atoms with Gasteiger partial charge in [0.1, 0.15) is 19.8 Å². The molecule has 0 saturated heterocycles. The van der Waals surface area contributed by atoms with Crippen LogP contribution in [0.3, 0.4) is 0 Å². The molecular formula is C29H38N2O9. The van der Waals surface area contributed by atoms with E-state index in [0.29, 0.717) is 72.2 Å². The molecule has 0 bridgehead atoms. The number of hydrogen-bond donors (Lipinski definition) is 3. The van der Waals surface area contributed by atoms with Crippen LogP contribution in [0.5, 0.6) is 0 Å². The quantitative estimate of drug-likeness (QED) is 0.209. The smallest absolute Gasteiger partial charge is 0.407 e. The molecule has 3 N–H and O–H groups in total. The molecule has 0 unspecified atom stereocenters. The van der Waals surface area contributed by atoms with Gasteiger partial charge in [0, 0.05) is 32.2 Å². The number of carboxylic acids is 1. The standard InChI is InChI=1S/C29H38N2O9/c32-27(20-39-21-28(33)34)30-11-5-13-36-15-17-38-18-16-37-14-6-12-31-29(35)40-19-26-24-9-3-1-7-22(24)23-8-2-4-10-25(23)26/h1-4,7-10,26H,5-6,11-21H2,(H,30,32)(H,31,35)(H,33,34).